The maximum absolute atomic E-state index is 11.6. The second kappa shape index (κ2) is 4.58. The number of nitrogens with one attached hydrogen (secondary N) is 1. The molecule has 3 N–H and O–H groups in total. The van der Waals surface area contributed by atoms with Gasteiger partial charge < -0.3 is 10.5 Å². The van der Waals surface area contributed by atoms with Crippen molar-refractivity contribution in [3.63, 3.8) is 0 Å². The van der Waals surface area contributed by atoms with Crippen LogP contribution in [0.5, 0.6) is 0 Å². The zero-order chi connectivity index (χ0) is 11.5. The van der Waals surface area contributed by atoms with Crippen molar-refractivity contribution in [1.29, 1.82) is 0 Å². The Morgan fingerprint density at radius 1 is 1.62 bits per heavy atom. The first-order valence-corrected chi connectivity index (χ1v) is 5.72. The summed E-state index contributed by atoms with van der Waals surface area (Å²) in [5.74, 6) is -0.822. The second-order valence-electron chi connectivity index (χ2n) is 3.39. The van der Waals surface area contributed by atoms with Crippen molar-refractivity contribution >= 4 is 28.3 Å². The fourth-order valence-electron chi connectivity index (χ4n) is 1.41. The molecule has 1 aromatic rings. The molecule has 1 atom stereocenters. The van der Waals surface area contributed by atoms with Gasteiger partial charge in [-0.3, -0.25) is 14.9 Å². The van der Waals surface area contributed by atoms with Crippen LogP contribution in [0.15, 0.2) is 5.38 Å². The summed E-state index contributed by atoms with van der Waals surface area (Å²) in [5, 5.41) is 4.47. The molecule has 2 heterocycles. The van der Waals surface area contributed by atoms with Crippen LogP contribution in [-0.2, 0) is 9.53 Å². The molecule has 1 aromatic heterocycles. The van der Waals surface area contributed by atoms with E-state index in [0.717, 1.165) is 12.8 Å². The van der Waals surface area contributed by atoms with Crippen LogP contribution in [0.25, 0.3) is 0 Å². The lowest BCUT2D eigenvalue weighted by Gasteiger charge is -2.07. The topological polar surface area (TPSA) is 94.3 Å². The third-order valence-electron chi connectivity index (χ3n) is 2.21. The van der Waals surface area contributed by atoms with Crippen LogP contribution in [0, 0.1) is 0 Å². The first kappa shape index (κ1) is 11.0. The number of nitrogens with zero attached hydrogens (tertiary/aromatic N) is 1. The lowest BCUT2D eigenvalue weighted by molar-refractivity contribution is -0.124. The van der Waals surface area contributed by atoms with Gasteiger partial charge >= 0.3 is 0 Å². The van der Waals surface area contributed by atoms with Gasteiger partial charge in [0, 0.05) is 12.0 Å². The van der Waals surface area contributed by atoms with Crippen molar-refractivity contribution in [3.8, 4) is 0 Å². The molecule has 86 valence electrons. The minimum absolute atomic E-state index is 0.160. The number of hydrogen-bond donors (Lipinski definition) is 2. The van der Waals surface area contributed by atoms with E-state index in [0.29, 0.717) is 11.7 Å². The molecular weight excluding hydrogens is 230 g/mol. The number of amides is 2. The molecular formula is C9H11N3O3S. The Labute approximate surface area is 95.8 Å². The number of carbonyl (C=O) groups excluding carboxylic acids is 2. The predicted molar refractivity (Wildman–Crippen MR) is 58.2 cm³/mol. The minimum atomic E-state index is -0.603. The number of primary amides is 1. The van der Waals surface area contributed by atoms with E-state index in [-0.39, 0.29) is 11.6 Å². The number of thiazole rings is 1. The van der Waals surface area contributed by atoms with Crippen LogP contribution < -0.4 is 11.1 Å². The van der Waals surface area contributed by atoms with E-state index in [9.17, 15) is 9.59 Å². The first-order chi connectivity index (χ1) is 7.66. The zero-order valence-electron chi connectivity index (χ0n) is 8.43. The number of rotatable bonds is 3. The summed E-state index contributed by atoms with van der Waals surface area (Å²) in [5.41, 5.74) is 5.21. The van der Waals surface area contributed by atoms with Gasteiger partial charge in [-0.25, -0.2) is 4.98 Å². The molecule has 0 unspecified atom stereocenters. The Morgan fingerprint density at radius 2 is 2.44 bits per heavy atom. The van der Waals surface area contributed by atoms with E-state index >= 15 is 0 Å². The van der Waals surface area contributed by atoms with E-state index in [1.807, 2.05) is 0 Å². The predicted octanol–water partition coefficient (Wildman–Crippen LogP) is 0.359. The molecule has 0 aromatic carbocycles. The highest BCUT2D eigenvalue weighted by atomic mass is 32.1. The molecule has 1 aliphatic heterocycles. The van der Waals surface area contributed by atoms with Gasteiger partial charge in [0.1, 0.15) is 11.8 Å². The van der Waals surface area contributed by atoms with Crippen LogP contribution in [0.2, 0.25) is 0 Å². The number of carbonyl (C=O) groups is 2. The molecule has 0 bridgehead atoms. The lowest BCUT2D eigenvalue weighted by Crippen LogP contribution is -2.26. The summed E-state index contributed by atoms with van der Waals surface area (Å²) in [6, 6.07) is 0. The van der Waals surface area contributed by atoms with Crippen molar-refractivity contribution in [2.45, 2.75) is 18.9 Å². The van der Waals surface area contributed by atoms with Gasteiger partial charge in [-0.05, 0) is 12.8 Å². The van der Waals surface area contributed by atoms with E-state index in [1.54, 1.807) is 0 Å². The number of ether oxygens (including phenoxy) is 1. The first-order valence-electron chi connectivity index (χ1n) is 4.84. The molecule has 0 aliphatic carbocycles. The fourth-order valence-corrected chi connectivity index (χ4v) is 2.12. The average molecular weight is 241 g/mol. The van der Waals surface area contributed by atoms with E-state index in [2.05, 4.69) is 10.3 Å². The molecule has 0 radical (unpaired) electrons. The van der Waals surface area contributed by atoms with E-state index in [4.69, 9.17) is 10.5 Å². The zero-order valence-corrected chi connectivity index (χ0v) is 9.25. The molecule has 0 saturated carbocycles. The smallest absolute Gasteiger partial charge is 0.268 e. The van der Waals surface area contributed by atoms with Gasteiger partial charge in [0.15, 0.2) is 5.13 Å². The van der Waals surface area contributed by atoms with Gasteiger partial charge in [0.25, 0.3) is 11.8 Å². The third-order valence-corrected chi connectivity index (χ3v) is 2.97. The molecule has 1 fully saturated rings. The Balaban J connectivity index is 1.97. The third kappa shape index (κ3) is 2.37. The number of nitrogens with two attached hydrogens (primary N) is 1. The van der Waals surface area contributed by atoms with Crippen LogP contribution in [-0.4, -0.2) is 29.5 Å². The maximum atomic E-state index is 11.6. The second-order valence-corrected chi connectivity index (χ2v) is 4.25. The fraction of sp³-hybridized carbons (Fsp3) is 0.444. The number of anilines is 1. The minimum Gasteiger partial charge on any atom is -0.368 e. The largest absolute Gasteiger partial charge is 0.368 e. The summed E-state index contributed by atoms with van der Waals surface area (Å²) in [6.45, 7) is 0.614. The lowest BCUT2D eigenvalue weighted by atomic mass is 10.2. The molecule has 1 saturated heterocycles. The average Bonchev–Trinajstić information content (AvgIpc) is 2.87. The molecule has 16 heavy (non-hydrogen) atoms. The van der Waals surface area contributed by atoms with E-state index in [1.165, 1.54) is 16.7 Å². The Kier molecular flexibility index (Phi) is 3.16. The maximum Gasteiger partial charge on any atom is 0.268 e. The monoisotopic (exact) mass is 241 g/mol. The van der Waals surface area contributed by atoms with Crippen LogP contribution in [0.4, 0.5) is 5.13 Å². The summed E-state index contributed by atoms with van der Waals surface area (Å²) in [6.07, 6.45) is 1.21. The van der Waals surface area contributed by atoms with Gasteiger partial charge in [0.05, 0.1) is 0 Å². The van der Waals surface area contributed by atoms with E-state index < -0.39 is 12.0 Å². The highest BCUT2D eigenvalue weighted by molar-refractivity contribution is 7.14. The highest BCUT2D eigenvalue weighted by Gasteiger charge is 2.24. The molecule has 1 aliphatic rings. The SMILES string of the molecule is NC(=O)c1csc(NC(=O)[C@@H]2CCCO2)n1. The van der Waals surface area contributed by atoms with Crippen molar-refractivity contribution in [1.82, 2.24) is 4.98 Å². The van der Waals surface area contributed by atoms with Crippen LogP contribution in [0.3, 0.4) is 0 Å². The van der Waals surface area contributed by atoms with Crippen molar-refractivity contribution in [2.75, 3.05) is 11.9 Å². The van der Waals surface area contributed by atoms with Crippen molar-refractivity contribution < 1.29 is 14.3 Å². The summed E-state index contributed by atoms with van der Waals surface area (Å²) in [7, 11) is 0. The molecule has 0 spiro atoms. The normalized spacial score (nSPS) is 19.6. The molecule has 2 amide bonds. The number of hydrogen-bond acceptors (Lipinski definition) is 5. The van der Waals surface area contributed by atoms with Gasteiger partial charge in [-0.1, -0.05) is 0 Å². The standard InChI is InChI=1S/C9H11N3O3S/c10-7(13)5-4-16-9(11-5)12-8(14)6-2-1-3-15-6/h4,6H,1-3H2,(H2,10,13)(H,11,12,14)/t6-/m0/s1. The van der Waals surface area contributed by atoms with Gasteiger partial charge in [0.2, 0.25) is 0 Å². The molecule has 7 heteroatoms. The van der Waals surface area contributed by atoms with Gasteiger partial charge in [-0.2, -0.15) is 0 Å². The summed E-state index contributed by atoms with van der Waals surface area (Å²) < 4.78 is 5.21. The highest BCUT2D eigenvalue weighted by Crippen LogP contribution is 2.18. The van der Waals surface area contributed by atoms with Crippen molar-refractivity contribution in [2.24, 2.45) is 5.73 Å². The molecule has 2 rings (SSSR count). The van der Waals surface area contributed by atoms with Crippen LogP contribution in [0.1, 0.15) is 23.3 Å². The summed E-state index contributed by atoms with van der Waals surface area (Å²) >= 11 is 1.17. The van der Waals surface area contributed by atoms with Gasteiger partial charge in [-0.15, -0.1) is 11.3 Å². The number of aromatic nitrogens is 1. The van der Waals surface area contributed by atoms with Crippen molar-refractivity contribution in [3.05, 3.63) is 11.1 Å². The quantitative estimate of drug-likeness (QED) is 0.798. The Bertz CT molecular complexity index is 412. The Morgan fingerprint density at radius 3 is 3.00 bits per heavy atom. The molecule has 6 nitrogen and oxygen atoms in total. The van der Waals surface area contributed by atoms with Crippen LogP contribution >= 0.6 is 11.3 Å². The summed E-state index contributed by atoms with van der Waals surface area (Å²) in [4.78, 5) is 26.3. The Hall–Kier alpha value is -1.47.